The van der Waals surface area contributed by atoms with E-state index in [9.17, 15) is 9.59 Å². The van der Waals surface area contributed by atoms with Crippen molar-refractivity contribution in [2.45, 2.75) is 20.0 Å². The molecule has 5 heteroatoms. The summed E-state index contributed by atoms with van der Waals surface area (Å²) in [6.45, 7) is 3.16. The molecule has 0 fully saturated rings. The number of amides is 1. The van der Waals surface area contributed by atoms with E-state index < -0.39 is 6.10 Å². The van der Waals surface area contributed by atoms with Crippen LogP contribution in [0.5, 0.6) is 5.75 Å². The minimum atomic E-state index is -0.668. The molecule has 0 aliphatic rings. The van der Waals surface area contributed by atoms with Gasteiger partial charge in [-0.25, -0.2) is 0 Å². The Bertz CT molecular complexity index is 700. The molecule has 0 bridgehead atoms. The van der Waals surface area contributed by atoms with Crippen LogP contribution in [0.3, 0.4) is 0 Å². The van der Waals surface area contributed by atoms with Crippen molar-refractivity contribution in [2.75, 3.05) is 5.32 Å². The van der Waals surface area contributed by atoms with Gasteiger partial charge in [-0.3, -0.25) is 9.59 Å². The summed E-state index contributed by atoms with van der Waals surface area (Å²) in [6.07, 6.45) is -0.668. The van der Waals surface area contributed by atoms with Gasteiger partial charge in [0.25, 0.3) is 5.91 Å². The molecule has 0 aromatic heterocycles. The van der Waals surface area contributed by atoms with Gasteiger partial charge in [0.1, 0.15) is 5.75 Å². The Kier molecular flexibility index (Phi) is 5.54. The van der Waals surface area contributed by atoms with Crippen LogP contribution in [0.4, 0.5) is 5.69 Å². The molecule has 0 saturated heterocycles. The summed E-state index contributed by atoms with van der Waals surface area (Å²) in [4.78, 5) is 23.5. The second kappa shape index (κ2) is 7.40. The molecular weight excluding hydrogens is 393 g/mol. The van der Waals surface area contributed by atoms with E-state index in [1.807, 2.05) is 24.3 Å². The van der Waals surface area contributed by atoms with Gasteiger partial charge in [-0.15, -0.1) is 0 Å². The van der Waals surface area contributed by atoms with Gasteiger partial charge >= 0.3 is 0 Å². The molecule has 0 spiro atoms. The number of rotatable bonds is 5. The maximum Gasteiger partial charge on any atom is 0.265 e. The maximum absolute atomic E-state index is 12.2. The predicted octanol–water partition coefficient (Wildman–Crippen LogP) is 3.90. The van der Waals surface area contributed by atoms with Gasteiger partial charge in [-0.2, -0.15) is 0 Å². The molecule has 2 aromatic carbocycles. The summed E-state index contributed by atoms with van der Waals surface area (Å²) >= 11 is 2.16. The van der Waals surface area contributed by atoms with Crippen LogP contribution in [0.15, 0.2) is 48.5 Å². The predicted molar refractivity (Wildman–Crippen MR) is 94.3 cm³/mol. The highest BCUT2D eigenvalue weighted by Gasteiger charge is 2.16. The van der Waals surface area contributed by atoms with E-state index in [2.05, 4.69) is 27.9 Å². The maximum atomic E-state index is 12.2. The first kappa shape index (κ1) is 16.5. The van der Waals surface area contributed by atoms with E-state index in [1.165, 1.54) is 6.92 Å². The number of benzene rings is 2. The van der Waals surface area contributed by atoms with Crippen LogP contribution in [0.2, 0.25) is 0 Å². The van der Waals surface area contributed by atoms with Crippen molar-refractivity contribution >= 4 is 40.0 Å². The number of hydrogen-bond donors (Lipinski definition) is 1. The number of Topliss-reactive ketones (excluding diaryl/α,β-unsaturated/α-hetero) is 1. The molecule has 2 aromatic rings. The van der Waals surface area contributed by atoms with Gasteiger partial charge in [-0.1, -0.05) is 24.3 Å². The Morgan fingerprint density at radius 1 is 1.14 bits per heavy atom. The van der Waals surface area contributed by atoms with Crippen molar-refractivity contribution < 1.29 is 14.3 Å². The Morgan fingerprint density at radius 3 is 2.55 bits per heavy atom. The quantitative estimate of drug-likeness (QED) is 0.602. The fourth-order valence-corrected chi connectivity index (χ4v) is 2.37. The van der Waals surface area contributed by atoms with Crippen LogP contribution in [0.1, 0.15) is 24.2 Å². The number of hydrogen-bond acceptors (Lipinski definition) is 3. The van der Waals surface area contributed by atoms with E-state index in [-0.39, 0.29) is 11.7 Å². The van der Waals surface area contributed by atoms with Crippen LogP contribution < -0.4 is 10.1 Å². The fraction of sp³-hybridized carbons (Fsp3) is 0.176. The standard InChI is InChI=1S/C17H16INO3/c1-11(20)13-6-5-7-14(10-13)22-12(2)17(21)19-16-9-4-3-8-15(16)18/h3-10,12H,1-2H3,(H,19,21). The Hall–Kier alpha value is -1.89. The minimum absolute atomic E-state index is 0.0404. The van der Waals surface area contributed by atoms with Gasteiger partial charge in [0.05, 0.1) is 5.69 Å². The number of halogens is 1. The average Bonchev–Trinajstić information content (AvgIpc) is 2.49. The first-order valence-corrected chi connectivity index (χ1v) is 7.88. The summed E-state index contributed by atoms with van der Waals surface area (Å²) in [5.74, 6) is 0.219. The molecule has 0 aliphatic heterocycles. The van der Waals surface area contributed by atoms with Gasteiger partial charge < -0.3 is 10.1 Å². The number of ether oxygens (including phenoxy) is 1. The van der Waals surface area contributed by atoms with Crippen molar-refractivity contribution in [3.63, 3.8) is 0 Å². The van der Waals surface area contributed by atoms with Crippen molar-refractivity contribution in [3.8, 4) is 5.75 Å². The SMILES string of the molecule is CC(=O)c1cccc(OC(C)C(=O)Nc2ccccc2I)c1. The molecule has 4 nitrogen and oxygen atoms in total. The van der Waals surface area contributed by atoms with E-state index in [0.717, 1.165) is 9.26 Å². The van der Waals surface area contributed by atoms with Crippen molar-refractivity contribution in [3.05, 3.63) is 57.7 Å². The largest absolute Gasteiger partial charge is 0.481 e. The Labute approximate surface area is 143 Å². The molecular formula is C17H16INO3. The van der Waals surface area contributed by atoms with Gasteiger partial charge in [0.15, 0.2) is 11.9 Å². The zero-order valence-corrected chi connectivity index (χ0v) is 14.5. The summed E-state index contributed by atoms with van der Waals surface area (Å²) in [5, 5.41) is 2.83. The van der Waals surface area contributed by atoms with E-state index in [0.29, 0.717) is 11.3 Å². The topological polar surface area (TPSA) is 55.4 Å². The van der Waals surface area contributed by atoms with E-state index >= 15 is 0 Å². The van der Waals surface area contributed by atoms with Crippen molar-refractivity contribution in [1.29, 1.82) is 0 Å². The summed E-state index contributed by atoms with van der Waals surface area (Å²) in [5.41, 5.74) is 1.31. The zero-order valence-electron chi connectivity index (χ0n) is 12.3. The normalized spacial score (nSPS) is 11.6. The third kappa shape index (κ3) is 4.30. The molecule has 1 atom stereocenters. The smallest absolute Gasteiger partial charge is 0.265 e. The highest BCUT2D eigenvalue weighted by atomic mass is 127. The summed E-state index contributed by atoms with van der Waals surface area (Å²) < 4.78 is 6.57. The van der Waals surface area contributed by atoms with Crippen LogP contribution in [0.25, 0.3) is 0 Å². The van der Waals surface area contributed by atoms with Crippen LogP contribution in [-0.2, 0) is 4.79 Å². The molecule has 2 rings (SSSR count). The molecule has 1 unspecified atom stereocenters. The lowest BCUT2D eigenvalue weighted by molar-refractivity contribution is -0.122. The number of carbonyl (C=O) groups is 2. The Balaban J connectivity index is 2.04. The van der Waals surface area contributed by atoms with Crippen LogP contribution >= 0.6 is 22.6 Å². The summed E-state index contributed by atoms with van der Waals surface area (Å²) in [6, 6.07) is 14.3. The molecule has 0 radical (unpaired) electrons. The monoisotopic (exact) mass is 409 g/mol. The molecule has 1 N–H and O–H groups in total. The minimum Gasteiger partial charge on any atom is -0.481 e. The third-order valence-corrected chi connectivity index (χ3v) is 4.00. The number of para-hydroxylation sites is 1. The van der Waals surface area contributed by atoms with Gasteiger partial charge in [0.2, 0.25) is 0 Å². The molecule has 1 amide bonds. The molecule has 114 valence electrons. The van der Waals surface area contributed by atoms with Gasteiger partial charge in [-0.05, 0) is 60.7 Å². The molecule has 0 heterocycles. The second-order valence-corrected chi connectivity index (χ2v) is 5.98. The van der Waals surface area contributed by atoms with E-state index in [1.54, 1.807) is 31.2 Å². The number of ketones is 1. The molecule has 0 aliphatic carbocycles. The van der Waals surface area contributed by atoms with Crippen LogP contribution in [-0.4, -0.2) is 17.8 Å². The van der Waals surface area contributed by atoms with E-state index in [4.69, 9.17) is 4.74 Å². The fourth-order valence-electron chi connectivity index (χ4n) is 1.84. The van der Waals surface area contributed by atoms with Crippen molar-refractivity contribution in [2.24, 2.45) is 0 Å². The number of anilines is 1. The average molecular weight is 409 g/mol. The molecule has 0 saturated carbocycles. The second-order valence-electron chi connectivity index (χ2n) is 4.81. The highest BCUT2D eigenvalue weighted by Crippen LogP contribution is 2.19. The third-order valence-electron chi connectivity index (χ3n) is 3.05. The lowest BCUT2D eigenvalue weighted by atomic mass is 10.1. The summed E-state index contributed by atoms with van der Waals surface area (Å²) in [7, 11) is 0. The zero-order chi connectivity index (χ0) is 16.1. The van der Waals surface area contributed by atoms with Crippen molar-refractivity contribution in [1.82, 2.24) is 0 Å². The lowest BCUT2D eigenvalue weighted by Crippen LogP contribution is -2.30. The first-order chi connectivity index (χ1) is 10.5. The Morgan fingerprint density at radius 2 is 1.86 bits per heavy atom. The lowest BCUT2D eigenvalue weighted by Gasteiger charge is -2.15. The first-order valence-electron chi connectivity index (χ1n) is 6.80. The molecule has 22 heavy (non-hydrogen) atoms. The van der Waals surface area contributed by atoms with Crippen LogP contribution in [0, 0.1) is 3.57 Å². The number of carbonyl (C=O) groups excluding carboxylic acids is 2. The number of nitrogens with one attached hydrogen (secondary N) is 1. The van der Waals surface area contributed by atoms with Gasteiger partial charge in [0, 0.05) is 9.13 Å². The highest BCUT2D eigenvalue weighted by molar-refractivity contribution is 14.1.